The molecule has 0 heterocycles. The average molecular weight is 203 g/mol. The maximum Gasteiger partial charge on any atom is 1.00 e. The molecule has 7 heteroatoms. The van der Waals surface area contributed by atoms with Gasteiger partial charge in [0.05, 0.1) is 6.42 Å². The molecular formula is C6H12NaO6+. The van der Waals surface area contributed by atoms with Crippen molar-refractivity contribution in [3.05, 3.63) is 0 Å². The molecule has 0 bridgehead atoms. The zero-order valence-electron chi connectivity index (χ0n) is 7.30. The van der Waals surface area contributed by atoms with E-state index in [1.54, 1.807) is 0 Å². The quantitative estimate of drug-likeness (QED) is 0.303. The molecule has 0 spiro atoms. The van der Waals surface area contributed by atoms with E-state index in [0.29, 0.717) is 0 Å². The molecular weight excluding hydrogens is 191 g/mol. The SMILES string of the molecule is O=C(O)CC(O)C([OH2+])C(O)C[O-].[Na+]. The molecule has 3 atom stereocenters. The molecule has 0 aromatic rings. The fraction of sp³-hybridized carbons (Fsp3) is 0.833. The van der Waals surface area contributed by atoms with Gasteiger partial charge in [-0.2, -0.15) is 0 Å². The van der Waals surface area contributed by atoms with E-state index in [4.69, 9.17) is 20.4 Å². The Morgan fingerprint density at radius 1 is 1.38 bits per heavy atom. The number of rotatable bonds is 5. The monoisotopic (exact) mass is 203 g/mol. The van der Waals surface area contributed by atoms with Crippen LogP contribution in [0, 0.1) is 0 Å². The number of carbonyl (C=O) groups is 1. The van der Waals surface area contributed by atoms with E-state index < -0.39 is 37.3 Å². The summed E-state index contributed by atoms with van der Waals surface area (Å²) in [4.78, 5) is 10.0. The molecule has 5 N–H and O–H groups in total. The van der Waals surface area contributed by atoms with Gasteiger partial charge in [0.25, 0.3) is 0 Å². The Kier molecular flexibility index (Phi) is 9.33. The summed E-state index contributed by atoms with van der Waals surface area (Å²) < 4.78 is 0. The second kappa shape index (κ2) is 7.69. The van der Waals surface area contributed by atoms with Crippen LogP contribution >= 0.6 is 0 Å². The van der Waals surface area contributed by atoms with Gasteiger partial charge in [-0.05, 0) is 0 Å². The Hall–Kier alpha value is 0.310. The molecule has 0 fully saturated rings. The summed E-state index contributed by atoms with van der Waals surface area (Å²) in [5.74, 6) is -1.27. The minimum Gasteiger partial charge on any atom is -0.852 e. The molecule has 0 aliphatic rings. The van der Waals surface area contributed by atoms with Gasteiger partial charge in [-0.25, -0.2) is 0 Å². The van der Waals surface area contributed by atoms with E-state index in [0.717, 1.165) is 0 Å². The van der Waals surface area contributed by atoms with Crippen molar-refractivity contribution < 1.29 is 59.9 Å². The number of aliphatic hydroxyl groups excluding tert-OH is 2. The molecule has 72 valence electrons. The van der Waals surface area contributed by atoms with Crippen molar-refractivity contribution in [1.82, 2.24) is 0 Å². The van der Waals surface area contributed by atoms with Crippen LogP contribution in [-0.2, 0) is 4.79 Å². The van der Waals surface area contributed by atoms with Crippen LogP contribution in [0.2, 0.25) is 0 Å². The first-order valence-corrected chi connectivity index (χ1v) is 3.36. The standard InChI is InChI=1S/C6H11O6.Na/c7-2-4(9)6(12)3(8)1-5(10)11;/h3-4,6,8-9,12H,1-2H2,(H,10,11);/q-1;+1/p+1. The second-order valence-electron chi connectivity index (χ2n) is 2.43. The van der Waals surface area contributed by atoms with Gasteiger partial charge in [-0.1, -0.05) is 0 Å². The molecule has 0 rings (SSSR count). The zero-order valence-corrected chi connectivity index (χ0v) is 9.30. The molecule has 6 nitrogen and oxygen atoms in total. The van der Waals surface area contributed by atoms with Crippen molar-refractivity contribution >= 4 is 5.97 Å². The van der Waals surface area contributed by atoms with Crippen molar-refractivity contribution in [1.29, 1.82) is 0 Å². The van der Waals surface area contributed by atoms with Crippen LogP contribution in [0.1, 0.15) is 6.42 Å². The molecule has 0 aromatic heterocycles. The van der Waals surface area contributed by atoms with Crippen molar-refractivity contribution in [2.24, 2.45) is 0 Å². The van der Waals surface area contributed by atoms with Crippen LogP contribution in [0.15, 0.2) is 0 Å². The van der Waals surface area contributed by atoms with Crippen molar-refractivity contribution in [3.63, 3.8) is 0 Å². The van der Waals surface area contributed by atoms with Crippen molar-refractivity contribution in [3.8, 4) is 0 Å². The van der Waals surface area contributed by atoms with E-state index in [-0.39, 0.29) is 29.6 Å². The molecule has 0 aliphatic heterocycles. The van der Waals surface area contributed by atoms with Crippen LogP contribution in [0.3, 0.4) is 0 Å². The molecule has 0 saturated heterocycles. The first-order valence-electron chi connectivity index (χ1n) is 3.36. The third-order valence-corrected chi connectivity index (χ3v) is 1.38. The van der Waals surface area contributed by atoms with E-state index in [1.807, 2.05) is 0 Å². The predicted molar refractivity (Wildman–Crippen MR) is 36.5 cm³/mol. The second-order valence-corrected chi connectivity index (χ2v) is 2.43. The molecule has 0 aromatic carbocycles. The Balaban J connectivity index is 0. The summed E-state index contributed by atoms with van der Waals surface area (Å²) in [6.45, 7) is -0.912. The van der Waals surface area contributed by atoms with Crippen LogP contribution in [0.25, 0.3) is 0 Å². The minimum atomic E-state index is -1.51. The molecule has 0 amide bonds. The van der Waals surface area contributed by atoms with Crippen LogP contribution in [0.4, 0.5) is 0 Å². The minimum absolute atomic E-state index is 0. The number of hydrogen-bond donors (Lipinski definition) is 3. The smallest absolute Gasteiger partial charge is 0.852 e. The van der Waals surface area contributed by atoms with E-state index in [2.05, 4.69) is 0 Å². The van der Waals surface area contributed by atoms with Crippen molar-refractivity contribution in [2.75, 3.05) is 6.61 Å². The topological polar surface area (TPSA) is 124 Å². The Morgan fingerprint density at radius 2 is 1.85 bits per heavy atom. The maximum atomic E-state index is 10.0. The molecule has 13 heavy (non-hydrogen) atoms. The van der Waals surface area contributed by atoms with Gasteiger partial charge < -0.3 is 25.5 Å². The van der Waals surface area contributed by atoms with Gasteiger partial charge in [0, 0.05) is 0 Å². The number of aliphatic hydroxyl groups is 2. The Morgan fingerprint density at radius 3 is 2.15 bits per heavy atom. The molecule has 0 aliphatic carbocycles. The summed E-state index contributed by atoms with van der Waals surface area (Å²) in [6.07, 6.45) is -5.09. The van der Waals surface area contributed by atoms with Gasteiger partial charge in [0.15, 0.2) is 0 Å². The van der Waals surface area contributed by atoms with E-state index >= 15 is 0 Å². The normalized spacial score (nSPS) is 16.9. The third kappa shape index (κ3) is 6.39. The fourth-order valence-electron chi connectivity index (χ4n) is 0.666. The summed E-state index contributed by atoms with van der Waals surface area (Å²) in [6, 6.07) is 0. The maximum absolute atomic E-state index is 10.0. The zero-order chi connectivity index (χ0) is 9.72. The summed E-state index contributed by atoms with van der Waals surface area (Å²) in [5, 5.41) is 42.9. The van der Waals surface area contributed by atoms with Crippen LogP contribution in [-0.4, -0.2) is 51.3 Å². The van der Waals surface area contributed by atoms with Gasteiger partial charge in [-0.15, -0.1) is 6.61 Å². The number of hydrogen-bond acceptors (Lipinski definition) is 4. The first-order chi connectivity index (χ1) is 5.49. The average Bonchev–Trinajstić information content (AvgIpc) is 2.00. The molecule has 0 radical (unpaired) electrons. The number of carboxylic acid groups (broad SMARTS) is 1. The largest absolute Gasteiger partial charge is 1.00 e. The molecule has 0 saturated carbocycles. The number of carboxylic acids is 1. The van der Waals surface area contributed by atoms with Crippen LogP contribution in [0.5, 0.6) is 0 Å². The fourth-order valence-corrected chi connectivity index (χ4v) is 0.666. The summed E-state index contributed by atoms with van der Waals surface area (Å²) in [5.41, 5.74) is 0. The Bertz CT molecular complexity index is 152. The van der Waals surface area contributed by atoms with E-state index in [9.17, 15) is 9.90 Å². The number of aliphatic carboxylic acids is 1. The summed E-state index contributed by atoms with van der Waals surface area (Å²) >= 11 is 0. The van der Waals surface area contributed by atoms with Gasteiger partial charge in [-0.3, -0.25) is 4.79 Å². The predicted octanol–water partition coefficient (Wildman–Crippen LogP) is -6.36. The Labute approximate surface area is 97.1 Å². The third-order valence-electron chi connectivity index (χ3n) is 1.38. The first kappa shape index (κ1) is 15.8. The van der Waals surface area contributed by atoms with Crippen molar-refractivity contribution in [2.45, 2.75) is 24.7 Å². The van der Waals surface area contributed by atoms with E-state index in [1.165, 1.54) is 0 Å². The van der Waals surface area contributed by atoms with Crippen LogP contribution < -0.4 is 34.7 Å². The van der Waals surface area contributed by atoms with Gasteiger partial charge in [0.2, 0.25) is 6.10 Å². The van der Waals surface area contributed by atoms with Gasteiger partial charge in [0.1, 0.15) is 12.2 Å². The van der Waals surface area contributed by atoms with Gasteiger partial charge >= 0.3 is 35.5 Å². The molecule has 3 unspecified atom stereocenters. The summed E-state index contributed by atoms with van der Waals surface area (Å²) in [7, 11) is 0.